The molecule has 10 heteroatoms. The molecule has 1 saturated carbocycles. The standard InChI is InChI=1S/C20H22BrN5O4/c21-14-3-1-13(2-4-14)17(27)25-26-19(29)16(18(28)24-15-5-6-15)10-23-20(26)22-9-12-7-8-30-11-12/h1-4,10,12,15H,5-9,11H2,(H,22,23)(H,24,28)(H,25,27). The molecule has 1 aliphatic heterocycles. The zero-order valence-electron chi connectivity index (χ0n) is 16.2. The van der Waals surface area contributed by atoms with Crippen molar-refractivity contribution < 1.29 is 14.3 Å². The molecule has 30 heavy (non-hydrogen) atoms. The highest BCUT2D eigenvalue weighted by molar-refractivity contribution is 9.10. The van der Waals surface area contributed by atoms with Gasteiger partial charge in [0.25, 0.3) is 17.4 Å². The van der Waals surface area contributed by atoms with Gasteiger partial charge in [-0.25, -0.2) is 4.98 Å². The van der Waals surface area contributed by atoms with Crippen molar-refractivity contribution in [3.8, 4) is 0 Å². The second-order valence-electron chi connectivity index (χ2n) is 7.44. The summed E-state index contributed by atoms with van der Waals surface area (Å²) in [7, 11) is 0. The second-order valence-corrected chi connectivity index (χ2v) is 8.36. The first-order valence-corrected chi connectivity index (χ1v) is 10.6. The minimum Gasteiger partial charge on any atom is -0.381 e. The predicted octanol–water partition coefficient (Wildman–Crippen LogP) is 1.73. The van der Waals surface area contributed by atoms with Crippen LogP contribution in [0.2, 0.25) is 0 Å². The summed E-state index contributed by atoms with van der Waals surface area (Å²) in [5, 5.41) is 5.88. The molecule has 2 aromatic rings. The van der Waals surface area contributed by atoms with Gasteiger partial charge in [-0.3, -0.25) is 19.8 Å². The fourth-order valence-electron chi connectivity index (χ4n) is 3.08. The van der Waals surface area contributed by atoms with Crippen LogP contribution in [0.3, 0.4) is 0 Å². The van der Waals surface area contributed by atoms with Crippen LogP contribution < -0.4 is 21.6 Å². The predicted molar refractivity (Wildman–Crippen MR) is 114 cm³/mol. The van der Waals surface area contributed by atoms with Crippen LogP contribution in [-0.2, 0) is 4.74 Å². The van der Waals surface area contributed by atoms with Gasteiger partial charge in [-0.05, 0) is 43.5 Å². The normalized spacial score (nSPS) is 18.1. The number of hydrogen-bond acceptors (Lipinski definition) is 6. The van der Waals surface area contributed by atoms with E-state index in [9.17, 15) is 14.4 Å². The fourth-order valence-corrected chi connectivity index (χ4v) is 3.34. The molecule has 158 valence electrons. The lowest BCUT2D eigenvalue weighted by atomic mass is 10.1. The summed E-state index contributed by atoms with van der Waals surface area (Å²) in [4.78, 5) is 42.4. The van der Waals surface area contributed by atoms with E-state index in [1.54, 1.807) is 24.3 Å². The molecule has 1 unspecified atom stereocenters. The molecule has 0 radical (unpaired) electrons. The van der Waals surface area contributed by atoms with Crippen molar-refractivity contribution in [3.05, 3.63) is 56.4 Å². The molecule has 0 spiro atoms. The van der Waals surface area contributed by atoms with Crippen LogP contribution in [0.4, 0.5) is 5.95 Å². The SMILES string of the molecule is O=C(Nn1c(NCC2CCOC2)ncc(C(=O)NC2CC2)c1=O)c1ccc(Br)cc1. The van der Waals surface area contributed by atoms with Gasteiger partial charge in [0.05, 0.1) is 6.61 Å². The molecule has 1 saturated heterocycles. The highest BCUT2D eigenvalue weighted by Crippen LogP contribution is 2.19. The summed E-state index contributed by atoms with van der Waals surface area (Å²) < 4.78 is 7.20. The molecule has 1 aromatic heterocycles. The van der Waals surface area contributed by atoms with E-state index in [4.69, 9.17) is 4.74 Å². The molecule has 1 atom stereocenters. The Hall–Kier alpha value is -2.72. The number of aromatic nitrogens is 2. The molecule has 1 aliphatic carbocycles. The Balaban J connectivity index is 1.60. The smallest absolute Gasteiger partial charge is 0.286 e. The van der Waals surface area contributed by atoms with Gasteiger partial charge in [-0.15, -0.1) is 0 Å². The lowest BCUT2D eigenvalue weighted by Gasteiger charge is -2.17. The number of carbonyl (C=O) groups excluding carboxylic acids is 2. The molecule has 9 nitrogen and oxygen atoms in total. The van der Waals surface area contributed by atoms with Crippen LogP contribution in [0.25, 0.3) is 0 Å². The summed E-state index contributed by atoms with van der Waals surface area (Å²) in [6.07, 6.45) is 3.95. The zero-order valence-corrected chi connectivity index (χ0v) is 17.8. The van der Waals surface area contributed by atoms with Crippen molar-refractivity contribution in [2.75, 3.05) is 30.5 Å². The van der Waals surface area contributed by atoms with Gasteiger partial charge in [-0.1, -0.05) is 15.9 Å². The van der Waals surface area contributed by atoms with E-state index >= 15 is 0 Å². The lowest BCUT2D eigenvalue weighted by Crippen LogP contribution is -2.41. The van der Waals surface area contributed by atoms with Crippen LogP contribution in [0.1, 0.15) is 40.0 Å². The van der Waals surface area contributed by atoms with Crippen molar-refractivity contribution in [2.45, 2.75) is 25.3 Å². The summed E-state index contributed by atoms with van der Waals surface area (Å²) in [6, 6.07) is 6.82. The van der Waals surface area contributed by atoms with E-state index in [2.05, 4.69) is 37.0 Å². The van der Waals surface area contributed by atoms with Gasteiger partial charge in [0.1, 0.15) is 5.56 Å². The van der Waals surface area contributed by atoms with Gasteiger partial charge in [0.2, 0.25) is 5.95 Å². The molecule has 2 fully saturated rings. The van der Waals surface area contributed by atoms with Gasteiger partial charge >= 0.3 is 0 Å². The Morgan fingerprint density at radius 1 is 1.17 bits per heavy atom. The number of halogens is 1. The highest BCUT2D eigenvalue weighted by atomic mass is 79.9. The molecule has 3 N–H and O–H groups in total. The topological polar surface area (TPSA) is 114 Å². The first-order chi connectivity index (χ1) is 14.5. The summed E-state index contributed by atoms with van der Waals surface area (Å²) in [6.45, 7) is 1.87. The van der Waals surface area contributed by atoms with Crippen LogP contribution >= 0.6 is 15.9 Å². The maximum absolute atomic E-state index is 13.0. The van der Waals surface area contributed by atoms with Crippen LogP contribution in [0, 0.1) is 5.92 Å². The molecule has 2 amide bonds. The van der Waals surface area contributed by atoms with E-state index in [-0.39, 0.29) is 23.5 Å². The van der Waals surface area contributed by atoms with Gasteiger partial charge < -0.3 is 15.4 Å². The summed E-state index contributed by atoms with van der Waals surface area (Å²) >= 11 is 3.33. The zero-order chi connectivity index (χ0) is 21.1. The van der Waals surface area contributed by atoms with Gasteiger partial charge in [0, 0.05) is 41.3 Å². The van der Waals surface area contributed by atoms with Gasteiger partial charge in [-0.2, -0.15) is 4.68 Å². The largest absolute Gasteiger partial charge is 0.381 e. The van der Waals surface area contributed by atoms with Crippen molar-refractivity contribution in [2.24, 2.45) is 5.92 Å². The minimum absolute atomic E-state index is 0.0999. The quantitative estimate of drug-likeness (QED) is 0.561. The van der Waals surface area contributed by atoms with Crippen molar-refractivity contribution >= 4 is 33.7 Å². The number of nitrogens with one attached hydrogen (secondary N) is 3. The molecule has 0 bridgehead atoms. The number of anilines is 1. The average Bonchev–Trinajstić information content (AvgIpc) is 3.39. The summed E-state index contributed by atoms with van der Waals surface area (Å²) in [5.41, 5.74) is 2.18. The molecular weight excluding hydrogens is 454 g/mol. The first-order valence-electron chi connectivity index (χ1n) is 9.82. The van der Waals surface area contributed by atoms with Crippen molar-refractivity contribution in [3.63, 3.8) is 0 Å². The highest BCUT2D eigenvalue weighted by Gasteiger charge is 2.26. The first kappa shape index (κ1) is 20.5. The number of rotatable bonds is 7. The fraction of sp³-hybridized carbons (Fsp3) is 0.400. The van der Waals surface area contributed by atoms with Gasteiger partial charge in [0.15, 0.2) is 0 Å². The number of amides is 2. The van der Waals surface area contributed by atoms with Crippen LogP contribution in [0.15, 0.2) is 39.7 Å². The monoisotopic (exact) mass is 475 g/mol. The number of carbonyl (C=O) groups is 2. The molecule has 1 aromatic carbocycles. The third-order valence-corrected chi connectivity index (χ3v) is 5.54. The van der Waals surface area contributed by atoms with Crippen LogP contribution in [0.5, 0.6) is 0 Å². The Labute approximate surface area is 181 Å². The minimum atomic E-state index is -0.640. The van der Waals surface area contributed by atoms with Crippen LogP contribution in [-0.4, -0.2) is 47.3 Å². The lowest BCUT2D eigenvalue weighted by molar-refractivity contribution is 0.0945. The maximum atomic E-state index is 13.0. The van der Waals surface area contributed by atoms with E-state index in [0.29, 0.717) is 25.3 Å². The number of nitrogens with zero attached hydrogens (tertiary/aromatic N) is 2. The average molecular weight is 476 g/mol. The Morgan fingerprint density at radius 3 is 2.60 bits per heavy atom. The number of benzene rings is 1. The molecular formula is C20H22BrN5O4. The molecule has 2 aliphatic rings. The number of ether oxygens (including phenoxy) is 1. The molecule has 4 rings (SSSR count). The third kappa shape index (κ3) is 4.88. The Kier molecular flexibility index (Phi) is 6.14. The van der Waals surface area contributed by atoms with E-state index in [1.807, 2.05) is 0 Å². The second kappa shape index (κ2) is 8.97. The van der Waals surface area contributed by atoms with E-state index in [0.717, 1.165) is 28.4 Å². The third-order valence-electron chi connectivity index (χ3n) is 5.01. The molecule has 2 heterocycles. The maximum Gasteiger partial charge on any atom is 0.286 e. The van der Waals surface area contributed by atoms with Crippen molar-refractivity contribution in [1.29, 1.82) is 0 Å². The van der Waals surface area contributed by atoms with E-state index < -0.39 is 17.4 Å². The summed E-state index contributed by atoms with van der Waals surface area (Å²) in [5.74, 6) is -0.522. The van der Waals surface area contributed by atoms with Crippen molar-refractivity contribution in [1.82, 2.24) is 15.0 Å². The Bertz CT molecular complexity index is 997. The van der Waals surface area contributed by atoms with E-state index in [1.165, 1.54) is 6.20 Å². The Morgan fingerprint density at radius 2 is 1.93 bits per heavy atom. The number of hydrogen-bond donors (Lipinski definition) is 3.